The van der Waals surface area contributed by atoms with Gasteiger partial charge in [-0.2, -0.15) is 0 Å². The van der Waals surface area contributed by atoms with Gasteiger partial charge >= 0.3 is 0 Å². The van der Waals surface area contributed by atoms with Crippen molar-refractivity contribution in [1.29, 1.82) is 0 Å². The molecule has 0 aliphatic carbocycles. The maximum atomic E-state index is 11.1. The van der Waals surface area contributed by atoms with Crippen molar-refractivity contribution >= 4 is 17.5 Å². The highest BCUT2D eigenvalue weighted by Crippen LogP contribution is 2.24. The Bertz CT molecular complexity index is 656. The standard InChI is InChI=1S/C17H19ClN2O2/c1-20(10-12-3-5-13(6-4-12)17(19)21)11-14-9-15(18)7-8-16(14)22-2/h3-9H,10-11H2,1-2H3,(H2,19,21). The minimum atomic E-state index is -0.413. The number of amides is 1. The normalized spacial score (nSPS) is 10.7. The number of ether oxygens (including phenoxy) is 1. The molecule has 116 valence electrons. The molecule has 2 aromatic rings. The number of hydrogen-bond donors (Lipinski definition) is 1. The first-order chi connectivity index (χ1) is 10.5. The van der Waals surface area contributed by atoms with Crippen LogP contribution >= 0.6 is 11.6 Å². The van der Waals surface area contributed by atoms with Gasteiger partial charge < -0.3 is 10.5 Å². The van der Waals surface area contributed by atoms with E-state index in [4.69, 9.17) is 22.1 Å². The molecule has 0 saturated heterocycles. The van der Waals surface area contributed by atoms with Gasteiger partial charge in [-0.1, -0.05) is 23.7 Å². The molecule has 0 aliphatic rings. The molecule has 0 bridgehead atoms. The van der Waals surface area contributed by atoms with Gasteiger partial charge in [-0.15, -0.1) is 0 Å². The summed E-state index contributed by atoms with van der Waals surface area (Å²) in [4.78, 5) is 13.2. The highest BCUT2D eigenvalue weighted by Gasteiger charge is 2.08. The summed E-state index contributed by atoms with van der Waals surface area (Å²) in [5.41, 5.74) is 7.89. The Morgan fingerprint density at radius 1 is 1.18 bits per heavy atom. The van der Waals surface area contributed by atoms with E-state index in [9.17, 15) is 4.79 Å². The van der Waals surface area contributed by atoms with Crippen LogP contribution in [0.3, 0.4) is 0 Å². The second-order valence-electron chi connectivity index (χ2n) is 5.19. The minimum absolute atomic E-state index is 0.413. The summed E-state index contributed by atoms with van der Waals surface area (Å²) in [6, 6.07) is 12.9. The molecule has 0 radical (unpaired) electrons. The van der Waals surface area contributed by atoms with Gasteiger partial charge in [0.1, 0.15) is 5.75 Å². The smallest absolute Gasteiger partial charge is 0.248 e. The van der Waals surface area contributed by atoms with Crippen molar-refractivity contribution in [2.75, 3.05) is 14.2 Å². The number of nitrogens with zero attached hydrogens (tertiary/aromatic N) is 1. The van der Waals surface area contributed by atoms with E-state index >= 15 is 0 Å². The topological polar surface area (TPSA) is 55.6 Å². The molecule has 0 spiro atoms. The summed E-state index contributed by atoms with van der Waals surface area (Å²) in [5.74, 6) is 0.406. The van der Waals surface area contributed by atoms with Crippen molar-refractivity contribution < 1.29 is 9.53 Å². The van der Waals surface area contributed by atoms with Crippen LogP contribution in [0, 0.1) is 0 Å². The fourth-order valence-electron chi connectivity index (χ4n) is 2.30. The average molecular weight is 319 g/mol. The number of methoxy groups -OCH3 is 1. The summed E-state index contributed by atoms with van der Waals surface area (Å²) in [6.45, 7) is 1.45. The summed E-state index contributed by atoms with van der Waals surface area (Å²) >= 11 is 6.05. The summed E-state index contributed by atoms with van der Waals surface area (Å²) in [5, 5.41) is 0.690. The Hall–Kier alpha value is -2.04. The predicted molar refractivity (Wildman–Crippen MR) is 88.1 cm³/mol. The van der Waals surface area contributed by atoms with Crippen molar-refractivity contribution in [3.63, 3.8) is 0 Å². The zero-order valence-corrected chi connectivity index (χ0v) is 13.4. The number of carbonyl (C=O) groups excluding carboxylic acids is 1. The van der Waals surface area contributed by atoms with Crippen LogP contribution < -0.4 is 10.5 Å². The number of nitrogens with two attached hydrogens (primary N) is 1. The number of halogens is 1. The lowest BCUT2D eigenvalue weighted by Crippen LogP contribution is -2.18. The van der Waals surface area contributed by atoms with E-state index in [0.29, 0.717) is 17.1 Å². The van der Waals surface area contributed by atoms with Crippen molar-refractivity contribution in [2.45, 2.75) is 13.1 Å². The van der Waals surface area contributed by atoms with Gasteiger partial charge in [-0.25, -0.2) is 0 Å². The number of carbonyl (C=O) groups is 1. The van der Waals surface area contributed by atoms with Crippen molar-refractivity contribution in [3.8, 4) is 5.75 Å². The first-order valence-corrected chi connectivity index (χ1v) is 7.27. The number of benzene rings is 2. The molecular weight excluding hydrogens is 300 g/mol. The van der Waals surface area contributed by atoms with Crippen LogP contribution in [-0.2, 0) is 13.1 Å². The van der Waals surface area contributed by atoms with Crippen LogP contribution in [0.2, 0.25) is 5.02 Å². The van der Waals surface area contributed by atoms with Crippen molar-refractivity contribution in [2.24, 2.45) is 5.73 Å². The molecule has 5 heteroatoms. The maximum Gasteiger partial charge on any atom is 0.248 e. The van der Waals surface area contributed by atoms with Gasteiger partial charge in [0.2, 0.25) is 5.91 Å². The van der Waals surface area contributed by atoms with Crippen LogP contribution in [0.1, 0.15) is 21.5 Å². The van der Waals surface area contributed by atoms with Gasteiger partial charge in [0.15, 0.2) is 0 Å². The van der Waals surface area contributed by atoms with E-state index in [0.717, 1.165) is 23.4 Å². The highest BCUT2D eigenvalue weighted by molar-refractivity contribution is 6.30. The lowest BCUT2D eigenvalue weighted by molar-refractivity contribution is 0.100. The molecule has 0 atom stereocenters. The van der Waals surface area contributed by atoms with Crippen LogP contribution in [0.15, 0.2) is 42.5 Å². The molecule has 2 aromatic carbocycles. The SMILES string of the molecule is COc1ccc(Cl)cc1CN(C)Cc1ccc(C(N)=O)cc1. The lowest BCUT2D eigenvalue weighted by Gasteiger charge is -2.19. The van der Waals surface area contributed by atoms with Gasteiger partial charge in [0.05, 0.1) is 7.11 Å². The molecule has 0 unspecified atom stereocenters. The monoisotopic (exact) mass is 318 g/mol. The molecular formula is C17H19ClN2O2. The van der Waals surface area contributed by atoms with Crippen LogP contribution in [0.4, 0.5) is 0 Å². The van der Waals surface area contributed by atoms with Gasteiger partial charge in [-0.3, -0.25) is 9.69 Å². The lowest BCUT2D eigenvalue weighted by atomic mass is 10.1. The first kappa shape index (κ1) is 16.3. The minimum Gasteiger partial charge on any atom is -0.496 e. The van der Waals surface area contributed by atoms with E-state index in [-0.39, 0.29) is 0 Å². The molecule has 22 heavy (non-hydrogen) atoms. The number of primary amides is 1. The summed E-state index contributed by atoms with van der Waals surface area (Å²) in [7, 11) is 3.66. The number of hydrogen-bond acceptors (Lipinski definition) is 3. The molecule has 0 fully saturated rings. The molecule has 2 N–H and O–H groups in total. The van der Waals surface area contributed by atoms with Crippen molar-refractivity contribution in [1.82, 2.24) is 4.90 Å². The quantitative estimate of drug-likeness (QED) is 0.890. The molecule has 4 nitrogen and oxygen atoms in total. The number of rotatable bonds is 6. The molecule has 0 heterocycles. The van der Waals surface area contributed by atoms with E-state index in [1.807, 2.05) is 37.4 Å². The molecule has 1 amide bonds. The van der Waals surface area contributed by atoms with Gasteiger partial charge in [0.25, 0.3) is 0 Å². The van der Waals surface area contributed by atoms with Crippen LogP contribution in [-0.4, -0.2) is 25.0 Å². The first-order valence-electron chi connectivity index (χ1n) is 6.89. The Morgan fingerprint density at radius 2 is 1.86 bits per heavy atom. The largest absolute Gasteiger partial charge is 0.496 e. The Balaban J connectivity index is 2.05. The maximum absolute atomic E-state index is 11.1. The summed E-state index contributed by atoms with van der Waals surface area (Å²) in [6.07, 6.45) is 0. The van der Waals surface area contributed by atoms with Crippen molar-refractivity contribution in [3.05, 3.63) is 64.2 Å². The zero-order chi connectivity index (χ0) is 16.1. The third-order valence-electron chi connectivity index (χ3n) is 3.37. The van der Waals surface area contributed by atoms with E-state index < -0.39 is 5.91 Å². The molecule has 0 aliphatic heterocycles. The van der Waals surface area contributed by atoms with E-state index in [1.54, 1.807) is 19.2 Å². The predicted octanol–water partition coefficient (Wildman–Crippen LogP) is 3.08. The molecule has 0 saturated carbocycles. The Labute approximate surface area is 135 Å². The van der Waals surface area contributed by atoms with Crippen LogP contribution in [0.25, 0.3) is 0 Å². The molecule has 2 rings (SSSR count). The Kier molecular flexibility index (Phi) is 5.41. The van der Waals surface area contributed by atoms with E-state index in [1.165, 1.54) is 0 Å². The second-order valence-corrected chi connectivity index (χ2v) is 5.63. The highest BCUT2D eigenvalue weighted by atomic mass is 35.5. The third kappa shape index (κ3) is 4.23. The van der Waals surface area contributed by atoms with Gasteiger partial charge in [-0.05, 0) is 42.9 Å². The third-order valence-corrected chi connectivity index (χ3v) is 3.61. The van der Waals surface area contributed by atoms with Crippen LogP contribution in [0.5, 0.6) is 5.75 Å². The molecule has 0 aromatic heterocycles. The fourth-order valence-corrected chi connectivity index (χ4v) is 2.50. The zero-order valence-electron chi connectivity index (χ0n) is 12.7. The fraction of sp³-hybridized carbons (Fsp3) is 0.235. The summed E-state index contributed by atoms with van der Waals surface area (Å²) < 4.78 is 5.36. The second kappa shape index (κ2) is 7.29. The Morgan fingerprint density at radius 3 is 2.45 bits per heavy atom. The van der Waals surface area contributed by atoms with E-state index in [2.05, 4.69) is 4.90 Å². The average Bonchev–Trinajstić information content (AvgIpc) is 2.48. The van der Waals surface area contributed by atoms with Gasteiger partial charge in [0, 0.05) is 29.2 Å².